The first-order valence-corrected chi connectivity index (χ1v) is 4.62. The molecule has 0 aromatic rings. The fourth-order valence-electron chi connectivity index (χ4n) is 0.837. The van der Waals surface area contributed by atoms with Crippen LogP contribution in [0.25, 0.3) is 0 Å². The molecule has 0 aliphatic rings. The smallest absolute Gasteiger partial charge is 0.0336 e. The number of alkyl halides is 2. The lowest BCUT2D eigenvalue weighted by molar-refractivity contribution is 0.377. The third kappa shape index (κ3) is 3.12. The van der Waals surface area contributed by atoms with Gasteiger partial charge in [-0.15, -0.1) is 23.2 Å². The van der Waals surface area contributed by atoms with Crippen molar-refractivity contribution in [2.24, 2.45) is 11.8 Å². The van der Waals surface area contributed by atoms with Gasteiger partial charge in [0.1, 0.15) is 0 Å². The molecule has 0 rings (SSSR count). The molecule has 0 aliphatic heterocycles. The van der Waals surface area contributed by atoms with E-state index in [9.17, 15) is 0 Å². The quantitative estimate of drug-likeness (QED) is 0.587. The van der Waals surface area contributed by atoms with Crippen LogP contribution >= 0.6 is 23.2 Å². The maximum absolute atomic E-state index is 5.91. The van der Waals surface area contributed by atoms with Crippen LogP contribution in [0.5, 0.6) is 0 Å². The molecule has 2 heteroatoms. The molecule has 0 saturated carbocycles. The molecule has 0 heterocycles. The van der Waals surface area contributed by atoms with Crippen molar-refractivity contribution in [1.82, 2.24) is 0 Å². The van der Waals surface area contributed by atoms with Crippen molar-refractivity contribution in [3.8, 4) is 0 Å². The van der Waals surface area contributed by atoms with Crippen molar-refractivity contribution in [1.29, 1.82) is 0 Å². The van der Waals surface area contributed by atoms with Crippen LogP contribution in [-0.2, 0) is 0 Å². The number of halogens is 2. The van der Waals surface area contributed by atoms with Gasteiger partial charge in [0, 0.05) is 10.8 Å². The Morgan fingerprint density at radius 2 is 0.900 bits per heavy atom. The summed E-state index contributed by atoms with van der Waals surface area (Å²) in [6, 6.07) is 0. The molecule has 0 aromatic heterocycles. The van der Waals surface area contributed by atoms with Gasteiger partial charge in [0.05, 0.1) is 0 Å². The Kier molecular flexibility index (Phi) is 4.71. The minimum atomic E-state index is 0.219. The van der Waals surface area contributed by atoms with Crippen LogP contribution in [0.2, 0.25) is 0 Å². The summed E-state index contributed by atoms with van der Waals surface area (Å²) in [6.07, 6.45) is 0. The number of rotatable bonds is 3. The molecule has 0 aromatic carbocycles. The largest absolute Gasteiger partial charge is 0.123 e. The maximum Gasteiger partial charge on any atom is 0.0336 e. The van der Waals surface area contributed by atoms with Crippen molar-refractivity contribution < 1.29 is 0 Å². The SMILES string of the molecule is CC(Cl)C(C)C(C)C(C)Cl. The zero-order valence-corrected chi connectivity index (χ0v) is 8.58. The van der Waals surface area contributed by atoms with E-state index in [4.69, 9.17) is 23.2 Å². The summed E-state index contributed by atoms with van der Waals surface area (Å²) in [5.74, 6) is 0.989. The van der Waals surface area contributed by atoms with E-state index in [0.717, 1.165) is 0 Å². The third-order valence-electron chi connectivity index (χ3n) is 2.28. The average molecular weight is 183 g/mol. The van der Waals surface area contributed by atoms with E-state index in [-0.39, 0.29) is 10.8 Å². The second-order valence-corrected chi connectivity index (χ2v) is 4.45. The van der Waals surface area contributed by atoms with E-state index in [1.54, 1.807) is 0 Å². The molecule has 0 aliphatic carbocycles. The molecule has 4 atom stereocenters. The summed E-state index contributed by atoms with van der Waals surface area (Å²) in [5.41, 5.74) is 0. The Balaban J connectivity index is 3.81. The second-order valence-electron chi connectivity index (χ2n) is 3.07. The predicted octanol–water partition coefficient (Wildman–Crippen LogP) is 3.51. The van der Waals surface area contributed by atoms with Gasteiger partial charge in [-0.2, -0.15) is 0 Å². The van der Waals surface area contributed by atoms with Crippen LogP contribution in [0.15, 0.2) is 0 Å². The average Bonchev–Trinajstić information content (AvgIpc) is 1.84. The van der Waals surface area contributed by atoms with Crippen molar-refractivity contribution in [2.45, 2.75) is 38.4 Å². The van der Waals surface area contributed by atoms with Crippen LogP contribution < -0.4 is 0 Å². The third-order valence-corrected chi connectivity index (χ3v) is 3.07. The lowest BCUT2D eigenvalue weighted by Crippen LogP contribution is -2.22. The Morgan fingerprint density at radius 1 is 0.700 bits per heavy atom. The van der Waals surface area contributed by atoms with Gasteiger partial charge in [0.15, 0.2) is 0 Å². The summed E-state index contributed by atoms with van der Waals surface area (Å²) < 4.78 is 0. The van der Waals surface area contributed by atoms with E-state index in [2.05, 4.69) is 13.8 Å². The maximum atomic E-state index is 5.91. The Morgan fingerprint density at radius 3 is 1.00 bits per heavy atom. The fraction of sp³-hybridized carbons (Fsp3) is 1.00. The van der Waals surface area contributed by atoms with Gasteiger partial charge in [0.2, 0.25) is 0 Å². The molecule has 0 spiro atoms. The summed E-state index contributed by atoms with van der Waals surface area (Å²) in [5, 5.41) is 0.437. The van der Waals surface area contributed by atoms with Gasteiger partial charge < -0.3 is 0 Å². The minimum Gasteiger partial charge on any atom is -0.123 e. The summed E-state index contributed by atoms with van der Waals surface area (Å²) in [6.45, 7) is 8.31. The molecule has 10 heavy (non-hydrogen) atoms. The fourth-order valence-corrected chi connectivity index (χ4v) is 1.30. The van der Waals surface area contributed by atoms with Crippen molar-refractivity contribution in [3.05, 3.63) is 0 Å². The van der Waals surface area contributed by atoms with Crippen LogP contribution in [0.3, 0.4) is 0 Å². The first-order valence-electron chi connectivity index (χ1n) is 3.75. The van der Waals surface area contributed by atoms with Gasteiger partial charge in [-0.1, -0.05) is 13.8 Å². The normalized spacial score (nSPS) is 23.4. The summed E-state index contributed by atoms with van der Waals surface area (Å²) in [4.78, 5) is 0. The van der Waals surface area contributed by atoms with Crippen LogP contribution in [0, 0.1) is 11.8 Å². The molecular weight excluding hydrogens is 167 g/mol. The predicted molar refractivity (Wildman–Crippen MR) is 49.0 cm³/mol. The standard InChI is InChI=1S/C8H16Cl2/c1-5(7(3)9)6(2)8(4)10/h5-8H,1-4H3. The van der Waals surface area contributed by atoms with Gasteiger partial charge >= 0.3 is 0 Å². The van der Waals surface area contributed by atoms with Crippen molar-refractivity contribution >= 4 is 23.2 Å². The molecular formula is C8H16Cl2. The van der Waals surface area contributed by atoms with E-state index >= 15 is 0 Å². The zero-order chi connectivity index (χ0) is 8.31. The van der Waals surface area contributed by atoms with Gasteiger partial charge in [-0.25, -0.2) is 0 Å². The molecule has 0 amide bonds. The van der Waals surface area contributed by atoms with Crippen molar-refractivity contribution in [3.63, 3.8) is 0 Å². The molecule has 0 nitrogen and oxygen atoms in total. The second kappa shape index (κ2) is 4.46. The van der Waals surface area contributed by atoms with Crippen LogP contribution in [0.4, 0.5) is 0 Å². The number of hydrogen-bond donors (Lipinski definition) is 0. The van der Waals surface area contributed by atoms with E-state index in [1.165, 1.54) is 0 Å². The van der Waals surface area contributed by atoms with Crippen LogP contribution in [0.1, 0.15) is 27.7 Å². The van der Waals surface area contributed by atoms with E-state index < -0.39 is 0 Å². The van der Waals surface area contributed by atoms with Gasteiger partial charge in [-0.3, -0.25) is 0 Å². The van der Waals surface area contributed by atoms with E-state index in [0.29, 0.717) is 11.8 Å². The molecule has 0 N–H and O–H groups in total. The molecule has 0 bridgehead atoms. The molecule has 0 saturated heterocycles. The Bertz CT molecular complexity index is 77.3. The summed E-state index contributed by atoms with van der Waals surface area (Å²) >= 11 is 11.8. The monoisotopic (exact) mass is 182 g/mol. The van der Waals surface area contributed by atoms with Gasteiger partial charge in [0.25, 0.3) is 0 Å². The first-order chi connectivity index (χ1) is 4.46. The lowest BCUT2D eigenvalue weighted by Gasteiger charge is -2.23. The highest BCUT2D eigenvalue weighted by molar-refractivity contribution is 6.21. The molecule has 4 unspecified atom stereocenters. The highest BCUT2D eigenvalue weighted by Gasteiger charge is 2.20. The van der Waals surface area contributed by atoms with E-state index in [1.807, 2.05) is 13.8 Å². The topological polar surface area (TPSA) is 0 Å². The summed E-state index contributed by atoms with van der Waals surface area (Å²) in [7, 11) is 0. The Hall–Kier alpha value is 0.580. The highest BCUT2D eigenvalue weighted by atomic mass is 35.5. The number of hydrogen-bond acceptors (Lipinski definition) is 0. The molecule has 0 radical (unpaired) electrons. The lowest BCUT2D eigenvalue weighted by atomic mass is 9.91. The first kappa shape index (κ1) is 10.6. The Labute approximate surface area is 73.9 Å². The van der Waals surface area contributed by atoms with Crippen LogP contribution in [-0.4, -0.2) is 10.8 Å². The molecule has 62 valence electrons. The minimum absolute atomic E-state index is 0.219. The highest BCUT2D eigenvalue weighted by Crippen LogP contribution is 2.24. The van der Waals surface area contributed by atoms with Gasteiger partial charge in [-0.05, 0) is 25.7 Å². The zero-order valence-electron chi connectivity index (χ0n) is 7.07. The molecule has 0 fully saturated rings. The van der Waals surface area contributed by atoms with Crippen molar-refractivity contribution in [2.75, 3.05) is 0 Å².